The van der Waals surface area contributed by atoms with Gasteiger partial charge in [0.25, 0.3) is 11.6 Å². The maximum atomic E-state index is 11.7. The molecule has 0 saturated carbocycles. The molecular weight excluding hydrogens is 270 g/mol. The van der Waals surface area contributed by atoms with Crippen LogP contribution in [-0.2, 0) is 0 Å². The summed E-state index contributed by atoms with van der Waals surface area (Å²) in [5, 5.41) is 16.8. The van der Waals surface area contributed by atoms with Crippen molar-refractivity contribution in [3.8, 4) is 0 Å². The zero-order valence-corrected chi connectivity index (χ0v) is 11.5. The smallest absolute Gasteiger partial charge is 0.293 e. The molecule has 0 saturated heterocycles. The Morgan fingerprint density at radius 3 is 2.52 bits per heavy atom. The van der Waals surface area contributed by atoms with Crippen LogP contribution in [0.1, 0.15) is 17.3 Å². The predicted molar refractivity (Wildman–Crippen MR) is 80.8 cm³/mol. The van der Waals surface area contributed by atoms with Crippen molar-refractivity contribution in [3.63, 3.8) is 0 Å². The summed E-state index contributed by atoms with van der Waals surface area (Å²) in [6.45, 7) is 2.26. The lowest BCUT2D eigenvalue weighted by molar-refractivity contribution is -0.383. The van der Waals surface area contributed by atoms with Gasteiger partial charge < -0.3 is 10.6 Å². The highest BCUT2D eigenvalue weighted by molar-refractivity contribution is 5.95. The highest BCUT2D eigenvalue weighted by Gasteiger charge is 2.17. The van der Waals surface area contributed by atoms with E-state index >= 15 is 0 Å². The maximum Gasteiger partial charge on any atom is 0.293 e. The summed E-state index contributed by atoms with van der Waals surface area (Å²) < 4.78 is 0. The quantitative estimate of drug-likeness (QED) is 0.653. The van der Waals surface area contributed by atoms with Crippen LogP contribution < -0.4 is 10.6 Å². The SMILES string of the molecule is CCNC(=O)c1ccc(Nc2ccccc2)c([N+](=O)[O-])c1. The zero-order valence-electron chi connectivity index (χ0n) is 11.5. The molecule has 2 aromatic carbocycles. The topological polar surface area (TPSA) is 84.3 Å². The standard InChI is InChI=1S/C15H15N3O3/c1-2-16-15(19)11-8-9-13(14(10-11)18(20)21)17-12-6-4-3-5-7-12/h3-10,17H,2H2,1H3,(H,16,19). The number of para-hydroxylation sites is 1. The molecule has 108 valence electrons. The van der Waals surface area contributed by atoms with E-state index in [4.69, 9.17) is 0 Å². The molecule has 0 unspecified atom stereocenters. The summed E-state index contributed by atoms with van der Waals surface area (Å²) in [4.78, 5) is 22.4. The van der Waals surface area contributed by atoms with Gasteiger partial charge in [-0.3, -0.25) is 14.9 Å². The lowest BCUT2D eigenvalue weighted by atomic mass is 10.1. The van der Waals surface area contributed by atoms with Gasteiger partial charge in [-0.2, -0.15) is 0 Å². The molecular formula is C15H15N3O3. The first-order valence-corrected chi connectivity index (χ1v) is 6.50. The molecule has 2 N–H and O–H groups in total. The summed E-state index contributed by atoms with van der Waals surface area (Å²) >= 11 is 0. The summed E-state index contributed by atoms with van der Waals surface area (Å²) in [5.74, 6) is -0.327. The zero-order chi connectivity index (χ0) is 15.2. The van der Waals surface area contributed by atoms with E-state index in [1.54, 1.807) is 25.1 Å². The molecule has 0 aromatic heterocycles. The first kappa shape index (κ1) is 14.5. The number of hydrogen-bond acceptors (Lipinski definition) is 4. The second-order valence-corrected chi connectivity index (χ2v) is 4.34. The van der Waals surface area contributed by atoms with E-state index in [1.165, 1.54) is 12.1 Å². The molecule has 0 aliphatic carbocycles. The van der Waals surface area contributed by atoms with Crippen LogP contribution in [0.2, 0.25) is 0 Å². The third kappa shape index (κ3) is 3.56. The molecule has 0 fully saturated rings. The van der Waals surface area contributed by atoms with Gasteiger partial charge in [-0.15, -0.1) is 0 Å². The van der Waals surface area contributed by atoms with Crippen molar-refractivity contribution >= 4 is 23.0 Å². The number of rotatable bonds is 5. The first-order chi connectivity index (χ1) is 10.1. The Labute approximate surface area is 121 Å². The lowest BCUT2D eigenvalue weighted by Crippen LogP contribution is -2.22. The van der Waals surface area contributed by atoms with Gasteiger partial charge in [-0.1, -0.05) is 18.2 Å². The van der Waals surface area contributed by atoms with Crippen LogP contribution in [0.5, 0.6) is 0 Å². The van der Waals surface area contributed by atoms with Crippen molar-refractivity contribution in [2.24, 2.45) is 0 Å². The Bertz CT molecular complexity index is 656. The van der Waals surface area contributed by atoms with E-state index in [9.17, 15) is 14.9 Å². The average molecular weight is 285 g/mol. The number of nitro groups is 1. The Balaban J connectivity index is 2.34. The number of carbonyl (C=O) groups excluding carboxylic acids is 1. The number of nitro benzene ring substituents is 1. The van der Waals surface area contributed by atoms with Gasteiger partial charge in [0.05, 0.1) is 4.92 Å². The van der Waals surface area contributed by atoms with Crippen LogP contribution in [0, 0.1) is 10.1 Å². The van der Waals surface area contributed by atoms with Crippen LogP contribution >= 0.6 is 0 Å². The molecule has 6 heteroatoms. The lowest BCUT2D eigenvalue weighted by Gasteiger charge is -2.08. The number of anilines is 2. The van der Waals surface area contributed by atoms with Crippen molar-refractivity contribution in [1.29, 1.82) is 0 Å². The van der Waals surface area contributed by atoms with E-state index in [2.05, 4.69) is 10.6 Å². The molecule has 21 heavy (non-hydrogen) atoms. The maximum absolute atomic E-state index is 11.7. The molecule has 0 radical (unpaired) electrons. The normalized spacial score (nSPS) is 9.95. The van der Waals surface area contributed by atoms with Crippen molar-refractivity contribution in [2.45, 2.75) is 6.92 Å². The molecule has 0 bridgehead atoms. The molecule has 0 aliphatic rings. The number of amides is 1. The van der Waals surface area contributed by atoms with Crippen LogP contribution in [0.25, 0.3) is 0 Å². The fourth-order valence-electron chi connectivity index (χ4n) is 1.87. The van der Waals surface area contributed by atoms with Crippen LogP contribution in [0.15, 0.2) is 48.5 Å². The van der Waals surface area contributed by atoms with E-state index < -0.39 is 4.92 Å². The molecule has 0 atom stereocenters. The Kier molecular flexibility index (Phi) is 4.50. The van der Waals surface area contributed by atoms with E-state index in [1.807, 2.05) is 18.2 Å². The van der Waals surface area contributed by atoms with Crippen LogP contribution in [0.4, 0.5) is 17.1 Å². The van der Waals surface area contributed by atoms with Crippen molar-refractivity contribution in [2.75, 3.05) is 11.9 Å². The highest BCUT2D eigenvalue weighted by Crippen LogP contribution is 2.28. The molecule has 2 aromatic rings. The predicted octanol–water partition coefficient (Wildman–Crippen LogP) is 3.09. The number of hydrogen-bond donors (Lipinski definition) is 2. The largest absolute Gasteiger partial charge is 0.352 e. The van der Waals surface area contributed by atoms with Crippen molar-refractivity contribution < 1.29 is 9.72 Å². The molecule has 6 nitrogen and oxygen atoms in total. The summed E-state index contributed by atoms with van der Waals surface area (Å²) in [7, 11) is 0. The number of carbonyl (C=O) groups is 1. The van der Waals surface area contributed by atoms with Gasteiger partial charge in [0, 0.05) is 23.9 Å². The fourth-order valence-corrected chi connectivity index (χ4v) is 1.87. The summed E-state index contributed by atoms with van der Waals surface area (Å²) in [5.41, 5.74) is 1.22. The van der Waals surface area contributed by atoms with Crippen LogP contribution in [0.3, 0.4) is 0 Å². The second kappa shape index (κ2) is 6.51. The highest BCUT2D eigenvalue weighted by atomic mass is 16.6. The molecule has 0 spiro atoms. The fraction of sp³-hybridized carbons (Fsp3) is 0.133. The van der Waals surface area contributed by atoms with E-state index in [0.29, 0.717) is 12.2 Å². The molecule has 0 heterocycles. The number of benzene rings is 2. The van der Waals surface area contributed by atoms with Crippen LogP contribution in [-0.4, -0.2) is 17.4 Å². The van der Waals surface area contributed by atoms with Crippen molar-refractivity contribution in [3.05, 3.63) is 64.2 Å². The Hall–Kier alpha value is -2.89. The number of nitrogens with zero attached hydrogens (tertiary/aromatic N) is 1. The van der Waals surface area contributed by atoms with Gasteiger partial charge in [0.15, 0.2) is 0 Å². The molecule has 1 amide bonds. The minimum Gasteiger partial charge on any atom is -0.352 e. The first-order valence-electron chi connectivity index (χ1n) is 6.50. The van der Waals surface area contributed by atoms with Gasteiger partial charge >= 0.3 is 0 Å². The second-order valence-electron chi connectivity index (χ2n) is 4.34. The van der Waals surface area contributed by atoms with Crippen molar-refractivity contribution in [1.82, 2.24) is 5.32 Å². The monoisotopic (exact) mass is 285 g/mol. The third-order valence-corrected chi connectivity index (χ3v) is 2.85. The molecule has 0 aliphatic heterocycles. The minimum atomic E-state index is -0.506. The summed E-state index contributed by atoms with van der Waals surface area (Å²) in [6.07, 6.45) is 0. The van der Waals surface area contributed by atoms with E-state index in [0.717, 1.165) is 5.69 Å². The Morgan fingerprint density at radius 2 is 1.90 bits per heavy atom. The minimum absolute atomic E-state index is 0.136. The van der Waals surface area contributed by atoms with Gasteiger partial charge in [0.1, 0.15) is 5.69 Å². The average Bonchev–Trinajstić information content (AvgIpc) is 2.48. The Morgan fingerprint density at radius 1 is 1.19 bits per heavy atom. The third-order valence-electron chi connectivity index (χ3n) is 2.85. The molecule has 2 rings (SSSR count). The van der Waals surface area contributed by atoms with Gasteiger partial charge in [-0.05, 0) is 31.2 Å². The van der Waals surface area contributed by atoms with Gasteiger partial charge in [0.2, 0.25) is 0 Å². The summed E-state index contributed by atoms with van der Waals surface area (Å²) in [6, 6.07) is 13.5. The number of nitrogens with one attached hydrogen (secondary N) is 2. The van der Waals surface area contributed by atoms with E-state index in [-0.39, 0.29) is 17.2 Å². The van der Waals surface area contributed by atoms with Gasteiger partial charge in [-0.25, -0.2) is 0 Å².